The SMILES string of the molecule is CC(C)(C)OC(=O)NCCN(CCC(=O)O)C(=O)CCN. The molecule has 122 valence electrons. The summed E-state index contributed by atoms with van der Waals surface area (Å²) in [6, 6.07) is 0. The number of nitrogens with two attached hydrogens (primary N) is 1. The van der Waals surface area contributed by atoms with Gasteiger partial charge < -0.3 is 25.8 Å². The van der Waals surface area contributed by atoms with Crippen molar-refractivity contribution in [2.75, 3.05) is 26.2 Å². The molecule has 0 unspecified atom stereocenters. The van der Waals surface area contributed by atoms with Crippen molar-refractivity contribution in [2.24, 2.45) is 5.73 Å². The van der Waals surface area contributed by atoms with E-state index in [-0.39, 0.29) is 44.9 Å². The highest BCUT2D eigenvalue weighted by Gasteiger charge is 2.17. The summed E-state index contributed by atoms with van der Waals surface area (Å²) in [5, 5.41) is 11.2. The Morgan fingerprint density at radius 3 is 2.29 bits per heavy atom. The zero-order chi connectivity index (χ0) is 16.5. The van der Waals surface area contributed by atoms with Crippen LogP contribution in [0, 0.1) is 0 Å². The lowest BCUT2D eigenvalue weighted by molar-refractivity contribution is -0.138. The fraction of sp³-hybridized carbons (Fsp3) is 0.769. The third-order valence-corrected chi connectivity index (χ3v) is 2.36. The minimum Gasteiger partial charge on any atom is -0.481 e. The minimum atomic E-state index is -0.986. The number of ether oxygens (including phenoxy) is 1. The lowest BCUT2D eigenvalue weighted by Crippen LogP contribution is -2.41. The predicted molar refractivity (Wildman–Crippen MR) is 76.7 cm³/mol. The van der Waals surface area contributed by atoms with Gasteiger partial charge in [-0.15, -0.1) is 0 Å². The molecule has 0 aliphatic heterocycles. The summed E-state index contributed by atoms with van der Waals surface area (Å²) in [5.41, 5.74) is 4.72. The Labute approximate surface area is 124 Å². The first kappa shape index (κ1) is 19.2. The number of carbonyl (C=O) groups excluding carboxylic acids is 2. The van der Waals surface area contributed by atoms with Crippen LogP contribution in [0.4, 0.5) is 4.79 Å². The second kappa shape index (κ2) is 9.17. The monoisotopic (exact) mass is 303 g/mol. The first-order valence-electron chi connectivity index (χ1n) is 6.82. The van der Waals surface area contributed by atoms with Crippen LogP contribution < -0.4 is 11.1 Å². The van der Waals surface area contributed by atoms with Gasteiger partial charge in [-0.2, -0.15) is 0 Å². The molecule has 2 amide bonds. The quantitative estimate of drug-likeness (QED) is 0.587. The Bertz CT molecular complexity index is 365. The number of hydrogen-bond acceptors (Lipinski definition) is 5. The van der Waals surface area contributed by atoms with Crippen LogP contribution in [0.3, 0.4) is 0 Å². The van der Waals surface area contributed by atoms with Crippen LogP contribution in [-0.2, 0) is 14.3 Å². The number of hydrogen-bond donors (Lipinski definition) is 3. The van der Waals surface area contributed by atoms with Gasteiger partial charge in [0.25, 0.3) is 0 Å². The predicted octanol–water partition coefficient (Wildman–Crippen LogP) is 0.163. The summed E-state index contributed by atoms with van der Waals surface area (Å²) in [5.74, 6) is -1.22. The number of rotatable bonds is 8. The van der Waals surface area contributed by atoms with Gasteiger partial charge in [0, 0.05) is 32.6 Å². The van der Waals surface area contributed by atoms with Crippen LogP contribution in [0.5, 0.6) is 0 Å². The van der Waals surface area contributed by atoms with Crippen molar-refractivity contribution in [3.63, 3.8) is 0 Å². The van der Waals surface area contributed by atoms with E-state index in [1.807, 2.05) is 0 Å². The van der Waals surface area contributed by atoms with Gasteiger partial charge in [0.2, 0.25) is 5.91 Å². The number of carboxylic acid groups (broad SMARTS) is 1. The van der Waals surface area contributed by atoms with E-state index in [1.54, 1.807) is 20.8 Å². The van der Waals surface area contributed by atoms with Gasteiger partial charge >= 0.3 is 12.1 Å². The van der Waals surface area contributed by atoms with Gasteiger partial charge in [0.1, 0.15) is 5.60 Å². The molecule has 0 spiro atoms. The number of alkyl carbamates (subject to hydrolysis) is 1. The van der Waals surface area contributed by atoms with Crippen molar-refractivity contribution in [1.82, 2.24) is 10.2 Å². The fourth-order valence-corrected chi connectivity index (χ4v) is 1.48. The highest BCUT2D eigenvalue weighted by Crippen LogP contribution is 2.06. The standard InChI is InChI=1S/C13H25N3O5/c1-13(2,3)21-12(20)15-7-9-16(8-5-11(18)19)10(17)4-6-14/h4-9,14H2,1-3H3,(H,15,20)(H,18,19). The summed E-state index contributed by atoms with van der Waals surface area (Å²) in [4.78, 5) is 35.2. The average molecular weight is 303 g/mol. The molecule has 0 atom stereocenters. The second-order valence-electron chi connectivity index (χ2n) is 5.49. The molecule has 8 nitrogen and oxygen atoms in total. The van der Waals surface area contributed by atoms with E-state index in [1.165, 1.54) is 4.90 Å². The lowest BCUT2D eigenvalue weighted by atomic mass is 10.2. The summed E-state index contributed by atoms with van der Waals surface area (Å²) in [6.45, 7) is 5.92. The molecule has 0 aromatic carbocycles. The second-order valence-corrected chi connectivity index (χ2v) is 5.49. The third-order valence-electron chi connectivity index (χ3n) is 2.36. The molecule has 0 aliphatic rings. The smallest absolute Gasteiger partial charge is 0.407 e. The van der Waals surface area contributed by atoms with Crippen LogP contribution in [0.2, 0.25) is 0 Å². The summed E-state index contributed by atoms with van der Waals surface area (Å²) in [7, 11) is 0. The number of nitrogens with zero attached hydrogens (tertiary/aromatic N) is 1. The molecule has 0 saturated heterocycles. The van der Waals surface area contributed by atoms with E-state index < -0.39 is 17.7 Å². The van der Waals surface area contributed by atoms with Gasteiger partial charge in [-0.3, -0.25) is 9.59 Å². The fourth-order valence-electron chi connectivity index (χ4n) is 1.48. The molecule has 0 rings (SSSR count). The number of amides is 2. The zero-order valence-electron chi connectivity index (χ0n) is 12.8. The van der Waals surface area contributed by atoms with Gasteiger partial charge in [-0.1, -0.05) is 0 Å². The van der Waals surface area contributed by atoms with Crippen molar-refractivity contribution >= 4 is 18.0 Å². The number of nitrogens with one attached hydrogen (secondary N) is 1. The zero-order valence-corrected chi connectivity index (χ0v) is 12.8. The maximum absolute atomic E-state index is 11.8. The molecular weight excluding hydrogens is 278 g/mol. The minimum absolute atomic E-state index is 0.0875. The van der Waals surface area contributed by atoms with Gasteiger partial charge in [0.15, 0.2) is 0 Å². The van der Waals surface area contributed by atoms with Crippen molar-refractivity contribution in [2.45, 2.75) is 39.2 Å². The molecule has 0 saturated carbocycles. The molecule has 0 radical (unpaired) electrons. The maximum Gasteiger partial charge on any atom is 0.407 e. The molecule has 8 heteroatoms. The van der Waals surface area contributed by atoms with Gasteiger partial charge in [-0.05, 0) is 20.8 Å². The van der Waals surface area contributed by atoms with Crippen LogP contribution in [0.25, 0.3) is 0 Å². The van der Waals surface area contributed by atoms with Crippen LogP contribution >= 0.6 is 0 Å². The normalized spacial score (nSPS) is 10.9. The Kier molecular flexibility index (Phi) is 8.37. The Balaban J connectivity index is 4.25. The first-order chi connectivity index (χ1) is 9.65. The van der Waals surface area contributed by atoms with E-state index in [9.17, 15) is 14.4 Å². The molecule has 0 aromatic rings. The van der Waals surface area contributed by atoms with Crippen LogP contribution in [-0.4, -0.2) is 59.8 Å². The Hall–Kier alpha value is -1.83. The molecule has 0 bridgehead atoms. The molecular formula is C13H25N3O5. The highest BCUT2D eigenvalue weighted by atomic mass is 16.6. The van der Waals surface area contributed by atoms with E-state index in [0.29, 0.717) is 0 Å². The third kappa shape index (κ3) is 10.6. The Morgan fingerprint density at radius 2 is 1.81 bits per heavy atom. The highest BCUT2D eigenvalue weighted by molar-refractivity contribution is 5.77. The van der Waals surface area contributed by atoms with E-state index in [2.05, 4.69) is 5.32 Å². The number of carboxylic acids is 1. The molecule has 0 aromatic heterocycles. The topological polar surface area (TPSA) is 122 Å². The molecule has 4 N–H and O–H groups in total. The lowest BCUT2D eigenvalue weighted by Gasteiger charge is -2.23. The molecule has 21 heavy (non-hydrogen) atoms. The molecule has 0 heterocycles. The van der Waals surface area contributed by atoms with E-state index in [4.69, 9.17) is 15.6 Å². The van der Waals surface area contributed by atoms with Crippen molar-refractivity contribution < 1.29 is 24.2 Å². The summed E-state index contributed by atoms with van der Waals surface area (Å²) < 4.78 is 5.06. The van der Waals surface area contributed by atoms with Crippen LogP contribution in [0.15, 0.2) is 0 Å². The van der Waals surface area contributed by atoms with Crippen LogP contribution in [0.1, 0.15) is 33.6 Å². The summed E-state index contributed by atoms with van der Waals surface area (Å²) in [6.07, 6.45) is -0.582. The largest absolute Gasteiger partial charge is 0.481 e. The average Bonchev–Trinajstić information content (AvgIpc) is 2.31. The van der Waals surface area contributed by atoms with Crippen molar-refractivity contribution in [1.29, 1.82) is 0 Å². The van der Waals surface area contributed by atoms with E-state index >= 15 is 0 Å². The first-order valence-corrected chi connectivity index (χ1v) is 6.82. The van der Waals surface area contributed by atoms with Crippen molar-refractivity contribution in [3.05, 3.63) is 0 Å². The number of carbonyl (C=O) groups is 3. The molecule has 0 fully saturated rings. The Morgan fingerprint density at radius 1 is 1.19 bits per heavy atom. The molecule has 0 aliphatic carbocycles. The van der Waals surface area contributed by atoms with E-state index in [0.717, 1.165) is 0 Å². The van der Waals surface area contributed by atoms with Gasteiger partial charge in [0.05, 0.1) is 6.42 Å². The number of aliphatic carboxylic acids is 1. The van der Waals surface area contributed by atoms with Gasteiger partial charge in [-0.25, -0.2) is 4.79 Å². The summed E-state index contributed by atoms with van der Waals surface area (Å²) >= 11 is 0. The van der Waals surface area contributed by atoms with Crippen molar-refractivity contribution in [3.8, 4) is 0 Å². The maximum atomic E-state index is 11.8.